The van der Waals surface area contributed by atoms with E-state index in [1.807, 2.05) is 0 Å². The van der Waals surface area contributed by atoms with Gasteiger partial charge in [0.2, 0.25) is 0 Å². The Morgan fingerprint density at radius 3 is 2.38 bits per heavy atom. The second-order valence-corrected chi connectivity index (χ2v) is 5.80. The molecule has 2 rings (SSSR count). The van der Waals surface area contributed by atoms with Crippen LogP contribution in [0.4, 0.5) is 0 Å². The largest absolute Gasteiger partial charge is 0.378 e. The molecule has 0 aromatic heterocycles. The van der Waals surface area contributed by atoms with Crippen LogP contribution in [0.15, 0.2) is 0 Å². The van der Waals surface area contributed by atoms with Crippen molar-refractivity contribution >= 4 is 0 Å². The molecule has 1 aliphatic carbocycles. The van der Waals surface area contributed by atoms with Crippen LogP contribution < -0.4 is 0 Å². The Bertz CT molecular complexity index is 203. The maximum atomic E-state index is 5.99. The Balaban J connectivity index is 1.93. The average Bonchev–Trinajstić information content (AvgIpc) is 2.23. The first-order valence-electron chi connectivity index (χ1n) is 6.97. The molecule has 4 atom stereocenters. The lowest BCUT2D eigenvalue weighted by Gasteiger charge is -2.34. The molecule has 0 aromatic rings. The second kappa shape index (κ2) is 6.02. The van der Waals surface area contributed by atoms with Crippen molar-refractivity contribution in [3.8, 4) is 0 Å². The third-order valence-corrected chi connectivity index (χ3v) is 3.96. The molecule has 0 aromatic carbocycles. The van der Waals surface area contributed by atoms with Crippen molar-refractivity contribution in [3.63, 3.8) is 0 Å². The molecule has 1 saturated heterocycles. The van der Waals surface area contributed by atoms with Gasteiger partial charge in [0.25, 0.3) is 0 Å². The van der Waals surface area contributed by atoms with Gasteiger partial charge in [-0.3, -0.25) is 0 Å². The standard InChI is InChI=1S/C14H26O2/c1-11-7-13-9-12(2)15-5-3-4-6-16-14(8-11)10-13/h11-14H,3-10H2,1-2H3. The second-order valence-electron chi connectivity index (χ2n) is 5.80. The van der Waals surface area contributed by atoms with Crippen LogP contribution in [0.2, 0.25) is 0 Å². The zero-order chi connectivity index (χ0) is 11.4. The molecule has 0 N–H and O–H groups in total. The molecule has 4 unspecified atom stereocenters. The number of fused-ring (bicyclic) bond motifs is 2. The Morgan fingerprint density at radius 1 is 0.812 bits per heavy atom. The van der Waals surface area contributed by atoms with E-state index >= 15 is 0 Å². The number of ether oxygens (including phenoxy) is 2. The Morgan fingerprint density at radius 2 is 1.56 bits per heavy atom. The maximum Gasteiger partial charge on any atom is 0.0580 e. The van der Waals surface area contributed by atoms with Gasteiger partial charge >= 0.3 is 0 Å². The fraction of sp³-hybridized carbons (Fsp3) is 1.00. The van der Waals surface area contributed by atoms with Gasteiger partial charge in [-0.15, -0.1) is 0 Å². The van der Waals surface area contributed by atoms with Gasteiger partial charge in [0.05, 0.1) is 12.2 Å². The van der Waals surface area contributed by atoms with E-state index in [2.05, 4.69) is 13.8 Å². The highest BCUT2D eigenvalue weighted by Gasteiger charge is 2.28. The Hall–Kier alpha value is -0.0800. The van der Waals surface area contributed by atoms with Crippen LogP contribution in [0.1, 0.15) is 52.4 Å². The lowest BCUT2D eigenvalue weighted by molar-refractivity contribution is -0.00790. The summed E-state index contributed by atoms with van der Waals surface area (Å²) in [6, 6.07) is 0. The van der Waals surface area contributed by atoms with E-state index in [-0.39, 0.29) is 0 Å². The van der Waals surface area contributed by atoms with Gasteiger partial charge in [0.1, 0.15) is 0 Å². The number of hydrogen-bond acceptors (Lipinski definition) is 2. The minimum Gasteiger partial charge on any atom is -0.378 e. The molecular formula is C14H26O2. The molecule has 0 radical (unpaired) electrons. The molecule has 1 heterocycles. The van der Waals surface area contributed by atoms with Crippen LogP contribution in [0.5, 0.6) is 0 Å². The minimum atomic E-state index is 0.439. The van der Waals surface area contributed by atoms with Gasteiger partial charge in [0.15, 0.2) is 0 Å². The summed E-state index contributed by atoms with van der Waals surface area (Å²) in [5.41, 5.74) is 0. The van der Waals surface area contributed by atoms with Gasteiger partial charge in [0, 0.05) is 13.2 Å². The van der Waals surface area contributed by atoms with Gasteiger partial charge in [-0.2, -0.15) is 0 Å². The molecule has 2 fully saturated rings. The van der Waals surface area contributed by atoms with Crippen molar-refractivity contribution in [1.29, 1.82) is 0 Å². The maximum absolute atomic E-state index is 5.99. The first kappa shape index (κ1) is 12.4. The van der Waals surface area contributed by atoms with E-state index in [9.17, 15) is 0 Å². The summed E-state index contributed by atoms with van der Waals surface area (Å²) < 4.78 is 11.8. The summed E-state index contributed by atoms with van der Waals surface area (Å²) in [5, 5.41) is 0. The first-order chi connectivity index (χ1) is 7.74. The summed E-state index contributed by atoms with van der Waals surface area (Å²) in [4.78, 5) is 0. The van der Waals surface area contributed by atoms with E-state index in [0.717, 1.165) is 37.9 Å². The van der Waals surface area contributed by atoms with Crippen molar-refractivity contribution in [1.82, 2.24) is 0 Å². The van der Waals surface area contributed by atoms with Crippen molar-refractivity contribution in [2.45, 2.75) is 64.6 Å². The van der Waals surface area contributed by atoms with Gasteiger partial charge in [-0.25, -0.2) is 0 Å². The topological polar surface area (TPSA) is 18.5 Å². The summed E-state index contributed by atoms with van der Waals surface area (Å²) in [5.74, 6) is 1.65. The number of hydrogen-bond donors (Lipinski definition) is 0. The SMILES string of the molecule is CC1CC2CC(C)OCCCCOC(C1)C2. The summed E-state index contributed by atoms with van der Waals surface area (Å²) in [6.45, 7) is 6.44. The molecule has 1 aliphatic heterocycles. The van der Waals surface area contributed by atoms with Crippen molar-refractivity contribution < 1.29 is 9.47 Å². The fourth-order valence-electron chi connectivity index (χ4n) is 3.28. The highest BCUT2D eigenvalue weighted by Crippen LogP contribution is 2.34. The Labute approximate surface area is 99.7 Å². The molecule has 2 heteroatoms. The van der Waals surface area contributed by atoms with Crippen LogP contribution >= 0.6 is 0 Å². The molecule has 0 spiro atoms. The highest BCUT2D eigenvalue weighted by molar-refractivity contribution is 4.79. The molecule has 2 nitrogen and oxygen atoms in total. The van der Waals surface area contributed by atoms with E-state index in [0.29, 0.717) is 12.2 Å². The van der Waals surface area contributed by atoms with E-state index in [4.69, 9.17) is 9.47 Å². The summed E-state index contributed by atoms with van der Waals surface area (Å²) in [6.07, 6.45) is 8.40. The average molecular weight is 226 g/mol. The van der Waals surface area contributed by atoms with Crippen molar-refractivity contribution in [2.75, 3.05) is 13.2 Å². The molecule has 2 aliphatic rings. The predicted molar refractivity (Wildman–Crippen MR) is 65.5 cm³/mol. The Kier molecular flexibility index (Phi) is 4.66. The molecule has 94 valence electrons. The van der Waals surface area contributed by atoms with Crippen LogP contribution in [0, 0.1) is 11.8 Å². The lowest BCUT2D eigenvalue weighted by Crippen LogP contribution is -2.29. The zero-order valence-corrected chi connectivity index (χ0v) is 10.8. The highest BCUT2D eigenvalue weighted by atomic mass is 16.5. The molecular weight excluding hydrogens is 200 g/mol. The quantitative estimate of drug-likeness (QED) is 0.630. The minimum absolute atomic E-state index is 0.439. The van der Waals surface area contributed by atoms with Crippen molar-refractivity contribution in [3.05, 3.63) is 0 Å². The summed E-state index contributed by atoms with van der Waals surface area (Å²) >= 11 is 0. The van der Waals surface area contributed by atoms with Gasteiger partial charge in [-0.05, 0) is 57.3 Å². The van der Waals surface area contributed by atoms with E-state index in [1.54, 1.807) is 0 Å². The van der Waals surface area contributed by atoms with E-state index < -0.39 is 0 Å². The zero-order valence-electron chi connectivity index (χ0n) is 10.8. The molecule has 0 amide bonds. The number of rotatable bonds is 0. The summed E-state index contributed by atoms with van der Waals surface area (Å²) in [7, 11) is 0. The lowest BCUT2D eigenvalue weighted by atomic mass is 9.78. The first-order valence-corrected chi connectivity index (χ1v) is 6.97. The van der Waals surface area contributed by atoms with Crippen LogP contribution in [-0.2, 0) is 9.47 Å². The molecule has 1 saturated carbocycles. The van der Waals surface area contributed by atoms with Crippen LogP contribution in [0.25, 0.3) is 0 Å². The normalized spacial score (nSPS) is 42.4. The third-order valence-electron chi connectivity index (χ3n) is 3.96. The van der Waals surface area contributed by atoms with Crippen LogP contribution in [0.3, 0.4) is 0 Å². The third kappa shape index (κ3) is 3.74. The monoisotopic (exact) mass is 226 g/mol. The molecule has 16 heavy (non-hydrogen) atoms. The van der Waals surface area contributed by atoms with Crippen LogP contribution in [-0.4, -0.2) is 25.4 Å². The van der Waals surface area contributed by atoms with Crippen molar-refractivity contribution in [2.24, 2.45) is 11.8 Å². The van der Waals surface area contributed by atoms with Gasteiger partial charge < -0.3 is 9.47 Å². The predicted octanol–water partition coefficient (Wildman–Crippen LogP) is 3.40. The fourth-order valence-corrected chi connectivity index (χ4v) is 3.28. The van der Waals surface area contributed by atoms with E-state index in [1.165, 1.54) is 25.7 Å². The molecule has 2 bridgehead atoms. The van der Waals surface area contributed by atoms with Gasteiger partial charge in [-0.1, -0.05) is 6.92 Å². The smallest absolute Gasteiger partial charge is 0.0580 e.